The van der Waals surface area contributed by atoms with Crippen LogP contribution in [-0.2, 0) is 11.4 Å². The summed E-state index contributed by atoms with van der Waals surface area (Å²) in [4.78, 5) is 40.7. The van der Waals surface area contributed by atoms with Gasteiger partial charge in [0, 0.05) is 64.8 Å². The molecule has 0 aromatic carbocycles. The number of nitrogens with one attached hydrogen (secondary N) is 1. The Labute approximate surface area is 199 Å². The van der Waals surface area contributed by atoms with Crippen LogP contribution in [0.2, 0.25) is 0 Å². The molecule has 0 saturated carbocycles. The number of primary amides is 1. The summed E-state index contributed by atoms with van der Waals surface area (Å²) in [6, 6.07) is 6.99. The van der Waals surface area contributed by atoms with E-state index < -0.39 is 6.03 Å². The molecule has 0 atom stereocenters. The minimum absolute atomic E-state index is 0.0697. The number of amides is 3. The van der Waals surface area contributed by atoms with Crippen molar-refractivity contribution in [2.24, 2.45) is 5.73 Å². The molecule has 3 N–H and O–H groups in total. The summed E-state index contributed by atoms with van der Waals surface area (Å²) in [6.45, 7) is 6.74. The molecule has 34 heavy (non-hydrogen) atoms. The number of aromatic nitrogens is 2. The molecule has 3 amide bonds. The van der Waals surface area contributed by atoms with Gasteiger partial charge in [-0.25, -0.2) is 14.8 Å². The molecule has 0 bridgehead atoms. The number of pyridine rings is 2. The molecule has 0 aliphatic carbocycles. The summed E-state index contributed by atoms with van der Waals surface area (Å²) in [5.41, 5.74) is 6.27. The van der Waals surface area contributed by atoms with E-state index in [0.29, 0.717) is 50.9 Å². The van der Waals surface area contributed by atoms with E-state index in [1.807, 2.05) is 24.3 Å². The average molecular weight is 469 g/mol. The summed E-state index contributed by atoms with van der Waals surface area (Å²) in [6.07, 6.45) is 3.39. The fraction of sp³-hybridized carbons (Fsp3) is 0.478. The molecule has 2 aromatic heterocycles. The number of rotatable bonds is 7. The third kappa shape index (κ3) is 6.33. The van der Waals surface area contributed by atoms with Crippen molar-refractivity contribution in [2.75, 3.05) is 76.2 Å². The lowest BCUT2D eigenvalue weighted by Crippen LogP contribution is -2.50. The highest BCUT2D eigenvalue weighted by atomic mass is 16.5. The number of nitrogens with zero attached hydrogens (tertiary/aromatic N) is 6. The largest absolute Gasteiger partial charge is 0.485 e. The van der Waals surface area contributed by atoms with Crippen LogP contribution in [0.15, 0.2) is 36.7 Å². The maximum absolute atomic E-state index is 12.5. The van der Waals surface area contributed by atoms with Crippen LogP contribution < -0.4 is 20.7 Å². The van der Waals surface area contributed by atoms with E-state index in [0.717, 1.165) is 37.6 Å². The van der Waals surface area contributed by atoms with Crippen LogP contribution >= 0.6 is 0 Å². The zero-order valence-corrected chi connectivity index (χ0v) is 19.5. The number of piperazine rings is 2. The number of urea groups is 1. The highest BCUT2D eigenvalue weighted by Crippen LogP contribution is 2.27. The van der Waals surface area contributed by atoms with Crippen LogP contribution in [0.1, 0.15) is 5.56 Å². The van der Waals surface area contributed by atoms with E-state index in [4.69, 9.17) is 10.5 Å². The Bertz CT molecular complexity index is 988. The van der Waals surface area contributed by atoms with Crippen LogP contribution in [0.3, 0.4) is 0 Å². The first kappa shape index (κ1) is 23.7. The van der Waals surface area contributed by atoms with Crippen molar-refractivity contribution in [3.8, 4) is 5.75 Å². The van der Waals surface area contributed by atoms with Crippen LogP contribution in [-0.4, -0.2) is 103 Å². The number of carbonyl (C=O) groups excluding carboxylic acids is 2. The minimum Gasteiger partial charge on any atom is -0.485 e. The van der Waals surface area contributed by atoms with Crippen LogP contribution in [0.25, 0.3) is 0 Å². The molecule has 2 fully saturated rings. The molecular formula is C23H32N8O3. The van der Waals surface area contributed by atoms with Crippen molar-refractivity contribution in [3.63, 3.8) is 0 Å². The van der Waals surface area contributed by atoms with Gasteiger partial charge < -0.3 is 30.5 Å². The number of ether oxygens (including phenoxy) is 1. The van der Waals surface area contributed by atoms with Gasteiger partial charge in [0.1, 0.15) is 12.4 Å². The second-order valence-corrected chi connectivity index (χ2v) is 8.60. The molecule has 0 unspecified atom stereocenters. The molecule has 4 rings (SSSR count). The quantitative estimate of drug-likeness (QED) is 0.601. The van der Waals surface area contributed by atoms with Crippen molar-refractivity contribution in [3.05, 3.63) is 42.2 Å². The van der Waals surface area contributed by atoms with Gasteiger partial charge >= 0.3 is 6.03 Å². The first-order valence-electron chi connectivity index (χ1n) is 11.5. The van der Waals surface area contributed by atoms with Gasteiger partial charge in [0.2, 0.25) is 5.91 Å². The molecule has 11 heteroatoms. The van der Waals surface area contributed by atoms with Crippen molar-refractivity contribution in [1.29, 1.82) is 0 Å². The third-order valence-electron chi connectivity index (χ3n) is 6.09. The Hall–Kier alpha value is -3.44. The number of likely N-dealkylation sites (N-methyl/N-ethyl adjacent to an activating group) is 1. The zero-order chi connectivity index (χ0) is 23.9. The van der Waals surface area contributed by atoms with Gasteiger partial charge in [0.25, 0.3) is 0 Å². The molecule has 2 aliphatic rings. The normalized spacial score (nSPS) is 17.4. The maximum atomic E-state index is 12.5. The average Bonchev–Trinajstić information content (AvgIpc) is 2.84. The van der Waals surface area contributed by atoms with E-state index in [1.165, 1.54) is 0 Å². The van der Waals surface area contributed by atoms with Gasteiger partial charge in [-0.3, -0.25) is 9.69 Å². The monoisotopic (exact) mass is 468 g/mol. The van der Waals surface area contributed by atoms with Gasteiger partial charge in [-0.15, -0.1) is 0 Å². The number of carbonyl (C=O) groups is 2. The number of anilines is 2. The number of hydrogen-bond donors (Lipinski definition) is 2. The third-order valence-corrected chi connectivity index (χ3v) is 6.09. The fourth-order valence-corrected chi connectivity index (χ4v) is 4.06. The van der Waals surface area contributed by atoms with Crippen molar-refractivity contribution < 1.29 is 14.3 Å². The lowest BCUT2D eigenvalue weighted by molar-refractivity contribution is -0.117. The van der Waals surface area contributed by atoms with Crippen LogP contribution in [0, 0.1) is 0 Å². The van der Waals surface area contributed by atoms with E-state index in [1.54, 1.807) is 17.3 Å². The van der Waals surface area contributed by atoms with Crippen LogP contribution in [0.5, 0.6) is 5.75 Å². The Morgan fingerprint density at radius 3 is 2.53 bits per heavy atom. The first-order chi connectivity index (χ1) is 16.5. The Morgan fingerprint density at radius 1 is 1.03 bits per heavy atom. The highest BCUT2D eigenvalue weighted by molar-refractivity contribution is 5.91. The topological polar surface area (TPSA) is 120 Å². The molecule has 182 valence electrons. The summed E-state index contributed by atoms with van der Waals surface area (Å²) >= 11 is 0. The molecule has 4 heterocycles. The summed E-state index contributed by atoms with van der Waals surface area (Å²) in [5, 5.41) is 2.89. The van der Waals surface area contributed by atoms with Crippen molar-refractivity contribution >= 4 is 23.6 Å². The number of nitrogens with two attached hydrogens (primary N) is 1. The Kier molecular flexibility index (Phi) is 7.76. The smallest absolute Gasteiger partial charge is 0.314 e. The summed E-state index contributed by atoms with van der Waals surface area (Å²) < 4.78 is 6.08. The fourth-order valence-electron chi connectivity index (χ4n) is 4.06. The molecule has 0 spiro atoms. The second-order valence-electron chi connectivity index (χ2n) is 8.60. The standard InChI is InChI=1S/C23H32N8O3/c1-28-7-9-29(10-8-28)16-21(32)27-20-15-18(4-6-25-20)17-34-19-3-2-5-26-22(19)30-11-13-31(14-12-30)23(24)33/h2-6,15H,7-14,16-17H2,1H3,(H2,24,33)(H,25,27,32). The van der Waals surface area contributed by atoms with Crippen molar-refractivity contribution in [2.45, 2.75) is 6.61 Å². The van der Waals surface area contributed by atoms with E-state index >= 15 is 0 Å². The SMILES string of the molecule is CN1CCN(CC(=O)Nc2cc(COc3cccnc3N3CCN(C(N)=O)CC3)ccn2)CC1. The van der Waals surface area contributed by atoms with Gasteiger partial charge in [0.15, 0.2) is 11.6 Å². The van der Waals surface area contributed by atoms with Gasteiger partial charge in [0.05, 0.1) is 6.54 Å². The lowest BCUT2D eigenvalue weighted by atomic mass is 10.2. The molecule has 2 aliphatic heterocycles. The molecule has 0 radical (unpaired) electrons. The number of hydrogen-bond acceptors (Lipinski definition) is 8. The van der Waals surface area contributed by atoms with E-state index in [2.05, 4.69) is 37.0 Å². The Morgan fingerprint density at radius 2 is 1.79 bits per heavy atom. The van der Waals surface area contributed by atoms with Gasteiger partial charge in [-0.2, -0.15) is 0 Å². The van der Waals surface area contributed by atoms with Gasteiger partial charge in [-0.05, 0) is 36.9 Å². The highest BCUT2D eigenvalue weighted by Gasteiger charge is 2.22. The van der Waals surface area contributed by atoms with E-state index in [9.17, 15) is 9.59 Å². The lowest BCUT2D eigenvalue weighted by Gasteiger charge is -2.35. The van der Waals surface area contributed by atoms with Crippen molar-refractivity contribution in [1.82, 2.24) is 24.7 Å². The van der Waals surface area contributed by atoms with E-state index in [-0.39, 0.29) is 5.91 Å². The summed E-state index contributed by atoms with van der Waals surface area (Å²) in [7, 11) is 2.09. The van der Waals surface area contributed by atoms with Gasteiger partial charge in [-0.1, -0.05) is 0 Å². The molecule has 2 aromatic rings. The first-order valence-corrected chi connectivity index (χ1v) is 11.5. The molecule has 11 nitrogen and oxygen atoms in total. The van der Waals surface area contributed by atoms with Crippen LogP contribution in [0.4, 0.5) is 16.4 Å². The summed E-state index contributed by atoms with van der Waals surface area (Å²) in [5.74, 6) is 1.84. The minimum atomic E-state index is -0.402. The Balaban J connectivity index is 1.32. The molecule has 2 saturated heterocycles. The second kappa shape index (κ2) is 11.1. The zero-order valence-electron chi connectivity index (χ0n) is 19.5. The maximum Gasteiger partial charge on any atom is 0.314 e. The predicted octanol–water partition coefficient (Wildman–Crippen LogP) is 0.442. The predicted molar refractivity (Wildman–Crippen MR) is 129 cm³/mol. The molecular weight excluding hydrogens is 436 g/mol.